The predicted octanol–water partition coefficient (Wildman–Crippen LogP) is 2.58. The summed E-state index contributed by atoms with van der Waals surface area (Å²) in [5.41, 5.74) is 0. The van der Waals surface area contributed by atoms with Crippen LogP contribution < -0.4 is 0 Å². The fourth-order valence-electron chi connectivity index (χ4n) is 1.37. The normalized spacial score (nSPS) is 10.8. The zero-order valence-electron chi connectivity index (χ0n) is 8.96. The van der Waals surface area contributed by atoms with Gasteiger partial charge in [0.15, 0.2) is 5.82 Å². The van der Waals surface area contributed by atoms with E-state index in [-0.39, 0.29) is 0 Å². The summed E-state index contributed by atoms with van der Waals surface area (Å²) in [6.07, 6.45) is 4.27. The van der Waals surface area contributed by atoms with E-state index >= 15 is 0 Å². The van der Waals surface area contributed by atoms with E-state index in [1.54, 1.807) is 0 Å². The van der Waals surface area contributed by atoms with Crippen molar-refractivity contribution in [2.45, 2.75) is 46.1 Å². The molecule has 0 radical (unpaired) electrons. The third kappa shape index (κ3) is 3.08. The molecule has 1 rings (SSSR count). The second-order valence-corrected chi connectivity index (χ2v) is 4.06. The Morgan fingerprint density at radius 3 is 2.57 bits per heavy atom. The summed E-state index contributed by atoms with van der Waals surface area (Å²) < 4.78 is 2.06. The van der Waals surface area contributed by atoms with Gasteiger partial charge in [0.1, 0.15) is 5.82 Å². The van der Waals surface area contributed by atoms with Crippen molar-refractivity contribution in [2.24, 2.45) is 0 Å². The molecule has 0 amide bonds. The highest BCUT2D eigenvalue weighted by Gasteiger charge is 2.05. The van der Waals surface area contributed by atoms with Crippen molar-refractivity contribution in [2.75, 3.05) is 5.33 Å². The van der Waals surface area contributed by atoms with Gasteiger partial charge in [0.2, 0.25) is 0 Å². The number of hydrogen-bond acceptors (Lipinski definition) is 2. The number of aryl methyl sites for hydroxylation is 3. The molecule has 0 fully saturated rings. The zero-order chi connectivity index (χ0) is 10.4. The summed E-state index contributed by atoms with van der Waals surface area (Å²) in [5.74, 6) is 2.09. The van der Waals surface area contributed by atoms with E-state index in [1.165, 1.54) is 12.8 Å². The van der Waals surface area contributed by atoms with Gasteiger partial charge in [-0.05, 0) is 12.8 Å². The molecule has 0 saturated heterocycles. The zero-order valence-corrected chi connectivity index (χ0v) is 10.5. The molecule has 0 aromatic carbocycles. The van der Waals surface area contributed by atoms with E-state index in [4.69, 9.17) is 0 Å². The van der Waals surface area contributed by atoms with E-state index in [0.717, 1.165) is 36.4 Å². The molecule has 0 aliphatic carbocycles. The highest BCUT2D eigenvalue weighted by atomic mass is 79.9. The Kier molecular flexibility index (Phi) is 5.15. The Morgan fingerprint density at radius 2 is 2.00 bits per heavy atom. The Balaban J connectivity index is 2.59. The lowest BCUT2D eigenvalue weighted by Gasteiger charge is -2.02. The fourth-order valence-corrected chi connectivity index (χ4v) is 1.77. The van der Waals surface area contributed by atoms with Crippen LogP contribution in [0.1, 0.15) is 38.3 Å². The number of alkyl halides is 1. The number of aromatic nitrogens is 3. The molecule has 1 aromatic heterocycles. The molecule has 3 nitrogen and oxygen atoms in total. The fraction of sp³-hybridized carbons (Fsp3) is 0.800. The number of nitrogens with zero attached hydrogens (tertiary/aromatic N) is 3. The molecule has 0 aliphatic rings. The SMILES string of the molecule is CCc1nc(CC)n(CCCCBr)n1. The van der Waals surface area contributed by atoms with Gasteiger partial charge in [-0.15, -0.1) is 0 Å². The van der Waals surface area contributed by atoms with Crippen LogP contribution in [0.25, 0.3) is 0 Å². The van der Waals surface area contributed by atoms with Crippen LogP contribution in [0.3, 0.4) is 0 Å². The average Bonchev–Trinajstić information content (AvgIpc) is 2.61. The summed E-state index contributed by atoms with van der Waals surface area (Å²) in [5, 5.41) is 5.53. The lowest BCUT2D eigenvalue weighted by atomic mass is 10.3. The largest absolute Gasteiger partial charge is 0.250 e. The molecule has 0 bridgehead atoms. The molecular weight excluding hydrogens is 242 g/mol. The van der Waals surface area contributed by atoms with Crippen molar-refractivity contribution in [3.8, 4) is 0 Å². The molecule has 1 aromatic rings. The number of unbranched alkanes of at least 4 members (excludes halogenated alkanes) is 1. The van der Waals surface area contributed by atoms with E-state index < -0.39 is 0 Å². The summed E-state index contributed by atoms with van der Waals surface area (Å²) >= 11 is 3.43. The third-order valence-electron chi connectivity index (χ3n) is 2.18. The Morgan fingerprint density at radius 1 is 1.21 bits per heavy atom. The van der Waals surface area contributed by atoms with Crippen LogP contribution in [-0.4, -0.2) is 20.1 Å². The minimum absolute atomic E-state index is 0.929. The van der Waals surface area contributed by atoms with Gasteiger partial charge in [-0.25, -0.2) is 9.67 Å². The molecular formula is C10H18BrN3. The van der Waals surface area contributed by atoms with Crippen LogP contribution in [0.5, 0.6) is 0 Å². The first-order chi connectivity index (χ1) is 6.81. The van der Waals surface area contributed by atoms with Crippen LogP contribution in [0, 0.1) is 0 Å². The van der Waals surface area contributed by atoms with Gasteiger partial charge in [0, 0.05) is 24.7 Å². The maximum Gasteiger partial charge on any atom is 0.150 e. The van der Waals surface area contributed by atoms with Crippen LogP contribution in [-0.2, 0) is 19.4 Å². The quantitative estimate of drug-likeness (QED) is 0.581. The van der Waals surface area contributed by atoms with E-state index in [0.29, 0.717) is 0 Å². The predicted molar refractivity (Wildman–Crippen MR) is 61.8 cm³/mol. The maximum absolute atomic E-state index is 4.47. The minimum atomic E-state index is 0.929. The summed E-state index contributed by atoms with van der Waals surface area (Å²) in [4.78, 5) is 4.47. The Bertz CT molecular complexity index is 270. The monoisotopic (exact) mass is 259 g/mol. The van der Waals surface area contributed by atoms with Gasteiger partial charge in [-0.1, -0.05) is 29.8 Å². The van der Waals surface area contributed by atoms with Gasteiger partial charge in [-0.3, -0.25) is 0 Å². The first kappa shape index (κ1) is 11.7. The van der Waals surface area contributed by atoms with Crippen molar-refractivity contribution in [1.82, 2.24) is 14.8 Å². The van der Waals surface area contributed by atoms with Gasteiger partial charge in [0.05, 0.1) is 0 Å². The van der Waals surface area contributed by atoms with E-state index in [9.17, 15) is 0 Å². The summed E-state index contributed by atoms with van der Waals surface area (Å²) in [6, 6.07) is 0. The molecule has 1 heterocycles. The van der Waals surface area contributed by atoms with Gasteiger partial charge < -0.3 is 0 Å². The number of hydrogen-bond donors (Lipinski definition) is 0. The highest BCUT2D eigenvalue weighted by Crippen LogP contribution is 2.04. The number of rotatable bonds is 6. The summed E-state index contributed by atoms with van der Waals surface area (Å²) in [7, 11) is 0. The summed E-state index contributed by atoms with van der Waals surface area (Å²) in [6.45, 7) is 5.23. The van der Waals surface area contributed by atoms with Crippen LogP contribution in [0.2, 0.25) is 0 Å². The van der Waals surface area contributed by atoms with Gasteiger partial charge in [-0.2, -0.15) is 5.10 Å². The van der Waals surface area contributed by atoms with E-state index in [2.05, 4.69) is 44.5 Å². The van der Waals surface area contributed by atoms with Crippen LogP contribution >= 0.6 is 15.9 Å². The number of halogens is 1. The Hall–Kier alpha value is -0.380. The molecule has 0 atom stereocenters. The van der Waals surface area contributed by atoms with Crippen molar-refractivity contribution in [3.63, 3.8) is 0 Å². The Labute approximate surface area is 94.0 Å². The first-order valence-corrected chi connectivity index (χ1v) is 6.42. The smallest absolute Gasteiger partial charge is 0.150 e. The molecule has 14 heavy (non-hydrogen) atoms. The van der Waals surface area contributed by atoms with Crippen LogP contribution in [0.15, 0.2) is 0 Å². The molecule has 0 saturated carbocycles. The van der Waals surface area contributed by atoms with Crippen LogP contribution in [0.4, 0.5) is 0 Å². The van der Waals surface area contributed by atoms with Crippen molar-refractivity contribution < 1.29 is 0 Å². The second kappa shape index (κ2) is 6.17. The van der Waals surface area contributed by atoms with Crippen molar-refractivity contribution in [3.05, 3.63) is 11.6 Å². The average molecular weight is 260 g/mol. The lowest BCUT2D eigenvalue weighted by molar-refractivity contribution is 0.546. The molecule has 4 heteroatoms. The molecule has 0 spiro atoms. The molecule has 0 aliphatic heterocycles. The molecule has 80 valence electrons. The molecule has 0 unspecified atom stereocenters. The molecule has 0 N–H and O–H groups in total. The minimum Gasteiger partial charge on any atom is -0.250 e. The highest BCUT2D eigenvalue weighted by molar-refractivity contribution is 9.09. The van der Waals surface area contributed by atoms with Gasteiger partial charge in [0.25, 0.3) is 0 Å². The van der Waals surface area contributed by atoms with Crippen molar-refractivity contribution >= 4 is 15.9 Å². The maximum atomic E-state index is 4.47. The van der Waals surface area contributed by atoms with E-state index in [1.807, 2.05) is 0 Å². The second-order valence-electron chi connectivity index (χ2n) is 3.27. The first-order valence-electron chi connectivity index (χ1n) is 5.30. The topological polar surface area (TPSA) is 30.7 Å². The standard InChI is InChI=1S/C10H18BrN3/c1-3-9-12-10(4-2)14(13-9)8-6-5-7-11/h3-8H2,1-2H3. The van der Waals surface area contributed by atoms with Crippen molar-refractivity contribution in [1.29, 1.82) is 0 Å². The third-order valence-corrected chi connectivity index (χ3v) is 2.74. The lowest BCUT2D eigenvalue weighted by Crippen LogP contribution is -2.05. The van der Waals surface area contributed by atoms with Gasteiger partial charge >= 0.3 is 0 Å².